The van der Waals surface area contributed by atoms with Gasteiger partial charge in [-0.3, -0.25) is 0 Å². The molecule has 0 fully saturated rings. The first-order valence-corrected chi connectivity index (χ1v) is 8.87. The van der Waals surface area contributed by atoms with E-state index in [0.29, 0.717) is 0 Å². The quantitative estimate of drug-likeness (QED) is 0.609. The van der Waals surface area contributed by atoms with Crippen LogP contribution in [0.4, 0.5) is 11.4 Å². The number of aryl methyl sites for hydroxylation is 4. The fourth-order valence-electron chi connectivity index (χ4n) is 3.26. The maximum atomic E-state index is 6.33. The van der Waals surface area contributed by atoms with Crippen LogP contribution in [0.2, 0.25) is 5.02 Å². The van der Waals surface area contributed by atoms with Crippen molar-refractivity contribution in [2.45, 2.75) is 25.7 Å². The molecule has 0 unspecified atom stereocenters. The summed E-state index contributed by atoms with van der Waals surface area (Å²) in [5, 5.41) is 4.30. The van der Waals surface area contributed by atoms with Crippen molar-refractivity contribution in [2.24, 2.45) is 0 Å². The third kappa shape index (κ3) is 3.32. The number of halogens is 1. The van der Waals surface area contributed by atoms with Crippen molar-refractivity contribution < 1.29 is 0 Å². The van der Waals surface area contributed by atoms with Gasteiger partial charge in [0.2, 0.25) is 0 Å². The molecule has 120 valence electrons. The minimum atomic E-state index is 0.754. The lowest BCUT2D eigenvalue weighted by molar-refractivity contribution is 0.923. The molecule has 2 heteroatoms. The van der Waals surface area contributed by atoms with Gasteiger partial charge in [-0.25, -0.2) is 0 Å². The highest BCUT2D eigenvalue weighted by atomic mass is 35.5. The van der Waals surface area contributed by atoms with Gasteiger partial charge in [-0.1, -0.05) is 60.1 Å². The van der Waals surface area contributed by atoms with E-state index in [9.17, 15) is 0 Å². The summed E-state index contributed by atoms with van der Waals surface area (Å²) < 4.78 is 0. The molecule has 0 atom stereocenters. The Morgan fingerprint density at radius 2 is 1.25 bits per heavy atom. The zero-order valence-electron chi connectivity index (χ0n) is 13.6. The molecule has 0 amide bonds. The number of para-hydroxylation sites is 1. The average molecular weight is 334 g/mol. The number of hydrogen-bond acceptors (Lipinski definition) is 1. The van der Waals surface area contributed by atoms with E-state index >= 15 is 0 Å². The molecule has 7 rings (SSSR count). The molecular formula is C22H20ClN. The van der Waals surface area contributed by atoms with Gasteiger partial charge < -0.3 is 5.32 Å². The summed E-state index contributed by atoms with van der Waals surface area (Å²) >= 11 is 6.33. The lowest BCUT2D eigenvalue weighted by Crippen LogP contribution is -2.02. The highest BCUT2D eigenvalue weighted by Gasteiger charge is 2.09. The van der Waals surface area contributed by atoms with Crippen molar-refractivity contribution in [3.05, 3.63) is 94.0 Å². The lowest BCUT2D eigenvalue weighted by Gasteiger charge is -2.16. The predicted molar refractivity (Wildman–Crippen MR) is 102 cm³/mol. The lowest BCUT2D eigenvalue weighted by atomic mass is 9.95. The zero-order valence-corrected chi connectivity index (χ0v) is 14.3. The van der Waals surface area contributed by atoms with E-state index in [0.717, 1.165) is 36.4 Å². The maximum Gasteiger partial charge on any atom is 0.0640 e. The Labute approximate surface area is 148 Å². The molecule has 0 saturated carbocycles. The predicted octanol–water partition coefficient (Wildman–Crippen LogP) is 5.97. The monoisotopic (exact) mass is 333 g/mol. The topological polar surface area (TPSA) is 12.0 Å². The zero-order chi connectivity index (χ0) is 16.4. The highest BCUT2D eigenvalue weighted by Crippen LogP contribution is 2.29. The van der Waals surface area contributed by atoms with Crippen molar-refractivity contribution >= 4 is 23.0 Å². The summed E-state index contributed by atoms with van der Waals surface area (Å²) in [6.07, 6.45) is 4.20. The van der Waals surface area contributed by atoms with Crippen molar-refractivity contribution in [3.8, 4) is 0 Å². The Morgan fingerprint density at radius 1 is 0.625 bits per heavy atom. The number of rotatable bonds is 2. The SMILES string of the molecule is Clc1ccccc1Nc1cc2ccc1CCc1ccc(cc1)CC2. The second-order valence-electron chi connectivity index (χ2n) is 6.41. The van der Waals surface area contributed by atoms with Crippen LogP contribution in [0.5, 0.6) is 0 Å². The second kappa shape index (κ2) is 6.70. The molecule has 0 saturated heterocycles. The van der Waals surface area contributed by atoms with Gasteiger partial charge in [0.25, 0.3) is 0 Å². The number of benzene rings is 3. The Hall–Kier alpha value is -2.25. The van der Waals surface area contributed by atoms with E-state index in [1.54, 1.807) is 0 Å². The number of hydrogen-bond donors (Lipinski definition) is 1. The summed E-state index contributed by atoms with van der Waals surface area (Å²) in [4.78, 5) is 0. The van der Waals surface area contributed by atoms with Crippen LogP contribution in [0.1, 0.15) is 22.3 Å². The van der Waals surface area contributed by atoms with Gasteiger partial charge in [0.05, 0.1) is 10.7 Å². The third-order valence-electron chi connectivity index (χ3n) is 4.73. The molecule has 4 bridgehead atoms. The first-order chi connectivity index (χ1) is 11.8. The smallest absolute Gasteiger partial charge is 0.0640 e. The largest absolute Gasteiger partial charge is 0.354 e. The van der Waals surface area contributed by atoms with Gasteiger partial charge in [0.1, 0.15) is 0 Å². The van der Waals surface area contributed by atoms with E-state index in [-0.39, 0.29) is 0 Å². The Balaban J connectivity index is 1.69. The molecule has 3 aromatic carbocycles. The van der Waals surface area contributed by atoms with Crippen LogP contribution in [-0.4, -0.2) is 0 Å². The molecule has 0 aromatic heterocycles. The Bertz CT molecular complexity index is 852. The van der Waals surface area contributed by atoms with Gasteiger partial charge >= 0.3 is 0 Å². The standard InChI is InChI=1S/C22H20ClN/c23-20-3-1-2-4-21(20)24-22-15-18-10-9-16-5-7-17(8-6-16)11-13-19(22)14-12-18/h1-8,12,14-15,24H,9-11,13H2. The van der Waals surface area contributed by atoms with Gasteiger partial charge in [0.15, 0.2) is 0 Å². The molecule has 1 nitrogen and oxygen atoms in total. The normalized spacial score (nSPS) is 13.4. The summed E-state index contributed by atoms with van der Waals surface area (Å²) in [5.41, 5.74) is 7.64. The van der Waals surface area contributed by atoms with Crippen LogP contribution in [0.3, 0.4) is 0 Å². The number of anilines is 2. The summed E-state index contributed by atoms with van der Waals surface area (Å²) in [5.74, 6) is 0. The van der Waals surface area contributed by atoms with Gasteiger partial charge in [-0.15, -0.1) is 0 Å². The molecular weight excluding hydrogens is 314 g/mol. The molecule has 0 radical (unpaired) electrons. The van der Waals surface area contributed by atoms with Gasteiger partial charge in [0, 0.05) is 5.69 Å². The molecule has 1 N–H and O–H groups in total. The molecule has 0 heterocycles. The van der Waals surface area contributed by atoms with Crippen LogP contribution in [0.15, 0.2) is 66.7 Å². The van der Waals surface area contributed by atoms with Crippen molar-refractivity contribution in [1.29, 1.82) is 0 Å². The summed E-state index contributed by atoms with van der Waals surface area (Å²) in [6, 6.07) is 23.8. The third-order valence-corrected chi connectivity index (χ3v) is 5.06. The molecule has 0 aliphatic heterocycles. The van der Waals surface area contributed by atoms with Gasteiger partial charge in [-0.2, -0.15) is 0 Å². The van der Waals surface area contributed by atoms with Gasteiger partial charge in [-0.05, 0) is 66.1 Å². The van der Waals surface area contributed by atoms with Crippen LogP contribution < -0.4 is 5.32 Å². The maximum absolute atomic E-state index is 6.33. The Morgan fingerprint density at radius 3 is 2.00 bits per heavy atom. The van der Waals surface area contributed by atoms with E-state index in [2.05, 4.69) is 47.8 Å². The van der Waals surface area contributed by atoms with E-state index in [4.69, 9.17) is 11.6 Å². The van der Waals surface area contributed by atoms with Crippen molar-refractivity contribution in [3.63, 3.8) is 0 Å². The van der Waals surface area contributed by atoms with Crippen molar-refractivity contribution in [2.75, 3.05) is 5.32 Å². The van der Waals surface area contributed by atoms with E-state index in [1.165, 1.54) is 27.9 Å². The molecule has 4 aliphatic rings. The summed E-state index contributed by atoms with van der Waals surface area (Å²) in [7, 11) is 0. The molecule has 4 aliphatic carbocycles. The van der Waals surface area contributed by atoms with Crippen molar-refractivity contribution in [1.82, 2.24) is 0 Å². The molecule has 3 aromatic rings. The van der Waals surface area contributed by atoms with Crippen LogP contribution >= 0.6 is 11.6 Å². The molecule has 24 heavy (non-hydrogen) atoms. The number of nitrogens with one attached hydrogen (secondary N) is 1. The minimum Gasteiger partial charge on any atom is -0.354 e. The Kier molecular flexibility index (Phi) is 4.27. The first kappa shape index (κ1) is 15.3. The van der Waals surface area contributed by atoms with E-state index in [1.807, 2.05) is 24.3 Å². The minimum absolute atomic E-state index is 0.754. The van der Waals surface area contributed by atoms with Crippen LogP contribution in [0, 0.1) is 0 Å². The fraction of sp³-hybridized carbons (Fsp3) is 0.182. The second-order valence-corrected chi connectivity index (χ2v) is 6.82. The van der Waals surface area contributed by atoms with Crippen LogP contribution in [-0.2, 0) is 25.7 Å². The van der Waals surface area contributed by atoms with Crippen LogP contribution in [0.25, 0.3) is 0 Å². The first-order valence-electron chi connectivity index (χ1n) is 8.49. The highest BCUT2D eigenvalue weighted by molar-refractivity contribution is 6.33. The molecule has 0 spiro atoms. The fourth-order valence-corrected chi connectivity index (χ4v) is 3.44. The average Bonchev–Trinajstić information content (AvgIpc) is 2.60. The van der Waals surface area contributed by atoms with E-state index < -0.39 is 0 Å². The summed E-state index contributed by atoms with van der Waals surface area (Å²) in [6.45, 7) is 0.